The van der Waals surface area contributed by atoms with Gasteiger partial charge < -0.3 is 10.3 Å². The lowest BCUT2D eigenvalue weighted by molar-refractivity contribution is 0.0944. The monoisotopic (exact) mass is 289 g/mol. The predicted octanol–water partition coefficient (Wildman–Crippen LogP) is 0.599. The number of hydrogen-bond acceptors (Lipinski definition) is 4. The van der Waals surface area contributed by atoms with E-state index >= 15 is 0 Å². The normalized spacial score (nSPS) is 10.9. The predicted molar refractivity (Wildman–Crippen MR) is 78.2 cm³/mol. The van der Waals surface area contributed by atoms with Crippen molar-refractivity contribution in [3.63, 3.8) is 0 Å². The van der Waals surface area contributed by atoms with Gasteiger partial charge in [-0.05, 0) is 24.0 Å². The summed E-state index contributed by atoms with van der Waals surface area (Å²) in [5.41, 5.74) is 1.92. The van der Waals surface area contributed by atoms with Crippen LogP contribution in [-0.2, 0) is 13.5 Å². The number of carbonyl (C=O) groups is 1. The van der Waals surface area contributed by atoms with Gasteiger partial charge in [0.25, 0.3) is 5.91 Å². The Labute approximate surface area is 122 Å². The molecular weight excluding hydrogens is 270 g/mol. The van der Waals surface area contributed by atoms with Crippen molar-refractivity contribution in [1.29, 1.82) is 0 Å². The maximum atomic E-state index is 12.1. The van der Waals surface area contributed by atoms with E-state index in [1.165, 1.54) is 6.20 Å². The van der Waals surface area contributed by atoms with E-state index in [0.29, 0.717) is 18.7 Å². The Morgan fingerprint density at radius 2 is 2.24 bits per heavy atom. The summed E-state index contributed by atoms with van der Waals surface area (Å²) in [7, 11) is 1.76. The molecule has 2 aromatic rings. The minimum Gasteiger partial charge on any atom is -0.350 e. The van der Waals surface area contributed by atoms with Gasteiger partial charge in [0.15, 0.2) is 0 Å². The molecule has 0 aliphatic heterocycles. The van der Waals surface area contributed by atoms with Gasteiger partial charge in [-0.1, -0.05) is 13.8 Å². The van der Waals surface area contributed by atoms with Crippen LogP contribution in [0.25, 0.3) is 0 Å². The summed E-state index contributed by atoms with van der Waals surface area (Å²) in [5.74, 6) is 0.124. The summed E-state index contributed by atoms with van der Waals surface area (Å²) in [5, 5.41) is 7.15. The molecular formula is C14H19N5O2. The van der Waals surface area contributed by atoms with Crippen LogP contribution in [0.5, 0.6) is 0 Å². The quantitative estimate of drug-likeness (QED) is 0.843. The molecule has 0 aliphatic carbocycles. The van der Waals surface area contributed by atoms with Gasteiger partial charge in [0, 0.05) is 26.0 Å². The molecule has 2 rings (SSSR count). The van der Waals surface area contributed by atoms with Crippen LogP contribution in [-0.4, -0.2) is 32.2 Å². The molecule has 0 saturated carbocycles. The van der Waals surface area contributed by atoms with E-state index in [1.807, 2.05) is 19.9 Å². The average molecular weight is 289 g/mol. The summed E-state index contributed by atoms with van der Waals surface area (Å²) in [4.78, 5) is 29.1. The molecule has 21 heavy (non-hydrogen) atoms. The molecule has 112 valence electrons. The lowest BCUT2D eigenvalue weighted by Crippen LogP contribution is -2.27. The van der Waals surface area contributed by atoms with E-state index in [4.69, 9.17) is 0 Å². The van der Waals surface area contributed by atoms with E-state index in [-0.39, 0.29) is 17.5 Å². The second-order valence-corrected chi connectivity index (χ2v) is 5.17. The van der Waals surface area contributed by atoms with Crippen molar-refractivity contribution >= 4 is 5.91 Å². The summed E-state index contributed by atoms with van der Waals surface area (Å²) < 4.78 is 1.59. The largest absolute Gasteiger partial charge is 0.350 e. The summed E-state index contributed by atoms with van der Waals surface area (Å²) in [6, 6.07) is 1.81. The number of amides is 1. The van der Waals surface area contributed by atoms with Gasteiger partial charge in [0.2, 0.25) is 0 Å². The minimum absolute atomic E-state index is 0.158. The second kappa shape index (κ2) is 6.34. The van der Waals surface area contributed by atoms with Crippen molar-refractivity contribution in [2.24, 2.45) is 7.05 Å². The molecule has 0 radical (unpaired) electrons. The van der Waals surface area contributed by atoms with E-state index in [2.05, 4.69) is 20.4 Å². The van der Waals surface area contributed by atoms with Gasteiger partial charge in [-0.2, -0.15) is 5.10 Å². The zero-order valence-electron chi connectivity index (χ0n) is 12.4. The molecule has 2 N–H and O–H groups in total. The first-order valence-corrected chi connectivity index (χ1v) is 6.83. The lowest BCUT2D eigenvalue weighted by atomic mass is 10.1. The highest BCUT2D eigenvalue weighted by molar-refractivity contribution is 5.92. The second-order valence-electron chi connectivity index (χ2n) is 5.17. The summed E-state index contributed by atoms with van der Waals surface area (Å²) in [6.45, 7) is 4.54. The van der Waals surface area contributed by atoms with Gasteiger partial charge in [0.1, 0.15) is 5.69 Å². The van der Waals surface area contributed by atoms with Crippen molar-refractivity contribution < 1.29 is 4.79 Å². The fraction of sp³-hybridized carbons (Fsp3) is 0.429. The highest BCUT2D eigenvalue weighted by atomic mass is 16.2. The third-order valence-corrected chi connectivity index (χ3v) is 3.15. The lowest BCUT2D eigenvalue weighted by Gasteiger charge is -2.04. The van der Waals surface area contributed by atoms with Gasteiger partial charge >= 0.3 is 5.69 Å². The molecule has 0 unspecified atom stereocenters. The van der Waals surface area contributed by atoms with Crippen LogP contribution in [0.15, 0.2) is 23.3 Å². The Hall–Kier alpha value is -2.44. The van der Waals surface area contributed by atoms with Gasteiger partial charge in [-0.3, -0.25) is 9.48 Å². The molecule has 0 aliphatic rings. The molecule has 0 spiro atoms. The first-order valence-electron chi connectivity index (χ1n) is 6.83. The fourth-order valence-corrected chi connectivity index (χ4v) is 1.90. The third-order valence-electron chi connectivity index (χ3n) is 3.15. The van der Waals surface area contributed by atoms with Crippen molar-refractivity contribution in [2.45, 2.75) is 26.2 Å². The van der Waals surface area contributed by atoms with Gasteiger partial charge in [0.05, 0.1) is 5.69 Å². The molecule has 1 amide bonds. The molecule has 2 aromatic heterocycles. The number of carbonyl (C=O) groups excluding carboxylic acids is 1. The standard InChI is InChI=1S/C14H19N5O2/c1-9(2)11-6-12(19(3)18-11)13(20)15-5-4-10-7-16-14(21)17-8-10/h6-9H,4-5H2,1-3H3,(H,15,20)(H,16,17,21). The van der Waals surface area contributed by atoms with Crippen molar-refractivity contribution in [3.05, 3.63) is 45.9 Å². The van der Waals surface area contributed by atoms with Crippen molar-refractivity contribution in [2.75, 3.05) is 6.54 Å². The average Bonchev–Trinajstić information content (AvgIpc) is 2.83. The zero-order valence-corrected chi connectivity index (χ0v) is 12.4. The van der Waals surface area contributed by atoms with E-state index in [1.54, 1.807) is 17.9 Å². The highest BCUT2D eigenvalue weighted by Gasteiger charge is 2.14. The van der Waals surface area contributed by atoms with Gasteiger partial charge in [-0.15, -0.1) is 0 Å². The Kier molecular flexibility index (Phi) is 4.52. The highest BCUT2D eigenvalue weighted by Crippen LogP contribution is 2.13. The molecule has 0 atom stereocenters. The number of rotatable bonds is 5. The molecule has 7 heteroatoms. The van der Waals surface area contributed by atoms with Crippen LogP contribution in [0.3, 0.4) is 0 Å². The Morgan fingerprint density at radius 3 is 2.81 bits per heavy atom. The van der Waals surface area contributed by atoms with E-state index in [0.717, 1.165) is 11.3 Å². The first-order chi connectivity index (χ1) is 9.97. The van der Waals surface area contributed by atoms with Crippen LogP contribution in [0.2, 0.25) is 0 Å². The molecule has 0 aromatic carbocycles. The minimum atomic E-state index is -0.376. The van der Waals surface area contributed by atoms with Crippen LogP contribution >= 0.6 is 0 Å². The SMILES string of the molecule is CC(C)c1cc(C(=O)NCCc2cnc(=O)[nH]c2)n(C)n1. The van der Waals surface area contributed by atoms with Crippen LogP contribution in [0, 0.1) is 0 Å². The van der Waals surface area contributed by atoms with Crippen LogP contribution < -0.4 is 11.0 Å². The number of aromatic amines is 1. The molecule has 0 fully saturated rings. The van der Waals surface area contributed by atoms with E-state index in [9.17, 15) is 9.59 Å². The fourth-order valence-electron chi connectivity index (χ4n) is 1.90. The molecule has 0 bridgehead atoms. The zero-order chi connectivity index (χ0) is 15.4. The molecule has 7 nitrogen and oxygen atoms in total. The maximum Gasteiger partial charge on any atom is 0.344 e. The van der Waals surface area contributed by atoms with Crippen molar-refractivity contribution in [1.82, 2.24) is 25.1 Å². The molecule has 2 heterocycles. The van der Waals surface area contributed by atoms with E-state index < -0.39 is 0 Å². The number of H-pyrrole nitrogens is 1. The number of aromatic nitrogens is 4. The van der Waals surface area contributed by atoms with Crippen LogP contribution in [0.4, 0.5) is 0 Å². The molecule has 0 saturated heterocycles. The Morgan fingerprint density at radius 1 is 1.48 bits per heavy atom. The topological polar surface area (TPSA) is 92.7 Å². The van der Waals surface area contributed by atoms with Crippen LogP contribution in [0.1, 0.15) is 41.5 Å². The Bertz CT molecular complexity index is 666. The Balaban J connectivity index is 1.92. The van der Waals surface area contributed by atoms with Crippen molar-refractivity contribution in [3.8, 4) is 0 Å². The first kappa shape index (κ1) is 15.0. The maximum absolute atomic E-state index is 12.1. The van der Waals surface area contributed by atoms with Gasteiger partial charge in [-0.25, -0.2) is 9.78 Å². The number of hydrogen-bond donors (Lipinski definition) is 2. The summed E-state index contributed by atoms with van der Waals surface area (Å²) >= 11 is 0. The summed E-state index contributed by atoms with van der Waals surface area (Å²) in [6.07, 6.45) is 3.71. The third kappa shape index (κ3) is 3.77. The number of aryl methyl sites for hydroxylation is 1. The number of nitrogens with one attached hydrogen (secondary N) is 2. The smallest absolute Gasteiger partial charge is 0.344 e. The number of nitrogens with zero attached hydrogens (tertiary/aromatic N) is 3.